The fraction of sp³-hybridized carbons (Fsp3) is 0.167. The monoisotopic (exact) mass is 408 g/mol. The van der Waals surface area contributed by atoms with E-state index in [1.807, 2.05) is 12.1 Å². The number of aliphatic carboxylic acids is 1. The number of ketones is 1. The highest BCUT2D eigenvalue weighted by molar-refractivity contribution is 14.1. The van der Waals surface area contributed by atoms with Crippen LogP contribution in [-0.4, -0.2) is 16.9 Å². The van der Waals surface area contributed by atoms with Crippen molar-refractivity contribution < 1.29 is 14.7 Å². The van der Waals surface area contributed by atoms with Crippen molar-refractivity contribution >= 4 is 56.3 Å². The molecule has 1 rings (SSSR count). The molecule has 17 heavy (non-hydrogen) atoms. The van der Waals surface area contributed by atoms with Crippen LogP contribution in [0.1, 0.15) is 22.9 Å². The van der Waals surface area contributed by atoms with Crippen LogP contribution in [0.3, 0.4) is 0 Å². The third kappa shape index (κ3) is 3.92. The van der Waals surface area contributed by atoms with Crippen LogP contribution in [0, 0.1) is 3.57 Å². The Balaban J connectivity index is 3.26. The average Bonchev–Trinajstić information content (AvgIpc) is 2.25. The lowest BCUT2D eigenvalue weighted by Gasteiger charge is -2.12. The van der Waals surface area contributed by atoms with Gasteiger partial charge in [0.25, 0.3) is 0 Å². The SMILES string of the molecule is CC(=O)C(Br)c1c(I)cccc1C=CC(=O)O. The summed E-state index contributed by atoms with van der Waals surface area (Å²) in [5.74, 6) is -1.03. The zero-order valence-corrected chi connectivity index (χ0v) is 12.7. The third-order valence-corrected chi connectivity index (χ3v) is 4.15. The Morgan fingerprint density at radius 2 is 2.12 bits per heavy atom. The lowest BCUT2D eigenvalue weighted by molar-refractivity contribution is -0.131. The van der Waals surface area contributed by atoms with Gasteiger partial charge in [-0.05, 0) is 52.8 Å². The van der Waals surface area contributed by atoms with Crippen molar-refractivity contribution in [3.8, 4) is 0 Å². The van der Waals surface area contributed by atoms with E-state index in [1.54, 1.807) is 6.07 Å². The molecule has 0 aliphatic carbocycles. The maximum Gasteiger partial charge on any atom is 0.328 e. The van der Waals surface area contributed by atoms with E-state index in [4.69, 9.17) is 5.11 Å². The fourth-order valence-corrected chi connectivity index (χ4v) is 3.10. The Morgan fingerprint density at radius 1 is 1.47 bits per heavy atom. The summed E-state index contributed by atoms with van der Waals surface area (Å²) in [6.07, 6.45) is 2.56. The Hall–Kier alpha value is -0.690. The van der Waals surface area contributed by atoms with Crippen molar-refractivity contribution in [1.29, 1.82) is 0 Å². The number of rotatable bonds is 4. The minimum Gasteiger partial charge on any atom is -0.478 e. The molecule has 0 aromatic heterocycles. The molecule has 1 aromatic rings. The van der Waals surface area contributed by atoms with Gasteiger partial charge in [-0.25, -0.2) is 4.79 Å². The van der Waals surface area contributed by atoms with Crippen LogP contribution < -0.4 is 0 Å². The topological polar surface area (TPSA) is 54.4 Å². The highest BCUT2D eigenvalue weighted by Gasteiger charge is 2.18. The first-order valence-corrected chi connectivity index (χ1v) is 6.77. The normalized spacial score (nSPS) is 12.6. The number of halogens is 2. The fourth-order valence-electron chi connectivity index (χ4n) is 1.33. The van der Waals surface area contributed by atoms with Gasteiger partial charge in [0, 0.05) is 9.65 Å². The maximum absolute atomic E-state index is 11.4. The minimum absolute atomic E-state index is 0.0147. The molecule has 0 aliphatic heterocycles. The largest absolute Gasteiger partial charge is 0.478 e. The lowest BCUT2D eigenvalue weighted by atomic mass is 10.0. The van der Waals surface area contributed by atoms with Crippen LogP contribution in [0.15, 0.2) is 24.3 Å². The van der Waals surface area contributed by atoms with Crippen molar-refractivity contribution in [2.24, 2.45) is 0 Å². The summed E-state index contributed by atoms with van der Waals surface area (Å²) in [6.45, 7) is 1.49. The zero-order valence-electron chi connectivity index (χ0n) is 8.98. The highest BCUT2D eigenvalue weighted by Crippen LogP contribution is 2.31. The molecular formula is C12H10BrIO3. The van der Waals surface area contributed by atoms with Gasteiger partial charge in [-0.15, -0.1) is 0 Å². The number of carboxylic acids is 1. The Morgan fingerprint density at radius 3 is 2.65 bits per heavy atom. The molecule has 0 saturated carbocycles. The second kappa shape index (κ2) is 6.30. The summed E-state index contributed by atoms with van der Waals surface area (Å²) in [4.78, 5) is 21.5. The van der Waals surface area contributed by atoms with Crippen LogP contribution in [0.5, 0.6) is 0 Å². The molecule has 0 fully saturated rings. The van der Waals surface area contributed by atoms with Gasteiger partial charge in [0.2, 0.25) is 0 Å². The minimum atomic E-state index is -1.01. The smallest absolute Gasteiger partial charge is 0.328 e. The average molecular weight is 409 g/mol. The molecule has 90 valence electrons. The van der Waals surface area contributed by atoms with Gasteiger partial charge < -0.3 is 5.11 Å². The van der Waals surface area contributed by atoms with Crippen LogP contribution in [0.2, 0.25) is 0 Å². The summed E-state index contributed by atoms with van der Waals surface area (Å²) < 4.78 is 0.923. The second-order valence-electron chi connectivity index (χ2n) is 3.39. The number of hydrogen-bond acceptors (Lipinski definition) is 2. The van der Waals surface area contributed by atoms with Gasteiger partial charge in [0.1, 0.15) is 5.78 Å². The molecule has 3 nitrogen and oxygen atoms in total. The highest BCUT2D eigenvalue weighted by atomic mass is 127. The van der Waals surface area contributed by atoms with Gasteiger partial charge in [-0.1, -0.05) is 28.1 Å². The van der Waals surface area contributed by atoms with E-state index in [2.05, 4.69) is 38.5 Å². The van der Waals surface area contributed by atoms with E-state index in [0.29, 0.717) is 0 Å². The Kier molecular flexibility index (Phi) is 5.32. The molecule has 0 bridgehead atoms. The predicted molar refractivity (Wildman–Crippen MR) is 78.2 cm³/mol. The molecule has 1 aromatic carbocycles. The summed E-state index contributed by atoms with van der Waals surface area (Å²) in [6, 6.07) is 5.49. The number of benzene rings is 1. The van der Waals surface area contributed by atoms with E-state index in [0.717, 1.165) is 20.8 Å². The molecule has 0 spiro atoms. The summed E-state index contributed by atoms with van der Waals surface area (Å²) >= 11 is 5.45. The van der Waals surface area contributed by atoms with Crippen LogP contribution in [0.4, 0.5) is 0 Å². The number of alkyl halides is 1. The summed E-state index contributed by atoms with van der Waals surface area (Å²) in [5, 5.41) is 8.62. The molecule has 1 unspecified atom stereocenters. The van der Waals surface area contributed by atoms with E-state index in [1.165, 1.54) is 13.0 Å². The van der Waals surface area contributed by atoms with E-state index in [-0.39, 0.29) is 5.78 Å². The van der Waals surface area contributed by atoms with Crippen molar-refractivity contribution in [1.82, 2.24) is 0 Å². The molecule has 1 atom stereocenters. The molecule has 0 aliphatic rings. The lowest BCUT2D eigenvalue weighted by Crippen LogP contribution is -2.05. The second-order valence-corrected chi connectivity index (χ2v) is 5.47. The maximum atomic E-state index is 11.4. The van der Waals surface area contributed by atoms with Gasteiger partial charge in [-0.2, -0.15) is 0 Å². The quantitative estimate of drug-likeness (QED) is 0.471. The third-order valence-electron chi connectivity index (χ3n) is 2.10. The summed E-state index contributed by atoms with van der Waals surface area (Å²) in [7, 11) is 0. The standard InChI is InChI=1S/C12H10BrIO3/c1-7(15)12(13)11-8(5-6-10(16)17)3-2-4-9(11)14/h2-6,12H,1H3,(H,16,17). The van der Waals surface area contributed by atoms with Crippen molar-refractivity contribution in [3.05, 3.63) is 39.0 Å². The number of carbonyl (C=O) groups excluding carboxylic acids is 1. The van der Waals surface area contributed by atoms with Crippen LogP contribution >= 0.6 is 38.5 Å². The van der Waals surface area contributed by atoms with Gasteiger partial charge in [0.05, 0.1) is 4.83 Å². The molecule has 0 saturated heterocycles. The molecule has 1 N–H and O–H groups in total. The van der Waals surface area contributed by atoms with Crippen molar-refractivity contribution in [2.75, 3.05) is 0 Å². The number of hydrogen-bond donors (Lipinski definition) is 1. The molecule has 0 radical (unpaired) electrons. The van der Waals surface area contributed by atoms with Gasteiger partial charge in [0.15, 0.2) is 0 Å². The molecule has 0 amide bonds. The van der Waals surface area contributed by atoms with Gasteiger partial charge >= 0.3 is 5.97 Å². The van der Waals surface area contributed by atoms with E-state index >= 15 is 0 Å². The first-order chi connectivity index (χ1) is 7.93. The van der Waals surface area contributed by atoms with Crippen molar-refractivity contribution in [3.63, 3.8) is 0 Å². The molecular weight excluding hydrogens is 399 g/mol. The number of Topliss-reactive ketones (excluding diaryl/α,β-unsaturated/α-hetero) is 1. The number of carboxylic acid groups (broad SMARTS) is 1. The number of carbonyl (C=O) groups is 2. The summed E-state index contributed by atoms with van der Waals surface area (Å²) in [5.41, 5.74) is 1.54. The van der Waals surface area contributed by atoms with E-state index in [9.17, 15) is 9.59 Å². The van der Waals surface area contributed by atoms with Gasteiger partial charge in [-0.3, -0.25) is 4.79 Å². The molecule has 5 heteroatoms. The first-order valence-electron chi connectivity index (χ1n) is 4.77. The molecule has 0 heterocycles. The van der Waals surface area contributed by atoms with Crippen LogP contribution in [0.25, 0.3) is 6.08 Å². The van der Waals surface area contributed by atoms with Crippen molar-refractivity contribution in [2.45, 2.75) is 11.8 Å². The van der Waals surface area contributed by atoms with Crippen LogP contribution in [-0.2, 0) is 9.59 Å². The Bertz CT molecular complexity index is 483. The zero-order chi connectivity index (χ0) is 13.0. The van der Waals surface area contributed by atoms with E-state index < -0.39 is 10.8 Å². The Labute approximate surface area is 121 Å². The first kappa shape index (κ1) is 14.4. The predicted octanol–water partition coefficient (Wildman–Crippen LogP) is 3.41.